The van der Waals surface area contributed by atoms with Crippen molar-refractivity contribution in [2.24, 2.45) is 0 Å². The highest BCUT2D eigenvalue weighted by Crippen LogP contribution is 2.19. The van der Waals surface area contributed by atoms with Crippen molar-refractivity contribution in [1.82, 2.24) is 4.98 Å². The number of halogens is 1. The quantitative estimate of drug-likeness (QED) is 0.903. The molecule has 0 aliphatic carbocycles. The Balaban J connectivity index is 2.04. The van der Waals surface area contributed by atoms with E-state index in [9.17, 15) is 9.50 Å². The third kappa shape index (κ3) is 3.28. The summed E-state index contributed by atoms with van der Waals surface area (Å²) in [6.45, 7) is 1.93. The van der Waals surface area contributed by atoms with Crippen LogP contribution in [0.4, 0.5) is 4.39 Å². The second-order valence-electron chi connectivity index (χ2n) is 4.05. The lowest BCUT2D eigenvalue weighted by Gasteiger charge is -2.09. The zero-order chi connectivity index (χ0) is 13.0. The highest BCUT2D eigenvalue weighted by atomic mass is 19.1. The molecule has 4 heteroatoms. The van der Waals surface area contributed by atoms with Gasteiger partial charge in [0, 0.05) is 11.8 Å². The zero-order valence-electron chi connectivity index (χ0n) is 10.0. The lowest BCUT2D eigenvalue weighted by atomic mass is 10.1. The first-order valence-electron chi connectivity index (χ1n) is 5.65. The van der Waals surface area contributed by atoms with Gasteiger partial charge >= 0.3 is 0 Å². The van der Waals surface area contributed by atoms with E-state index in [1.54, 1.807) is 31.3 Å². The predicted molar refractivity (Wildman–Crippen MR) is 65.6 cm³/mol. The fourth-order valence-electron chi connectivity index (χ4n) is 1.57. The summed E-state index contributed by atoms with van der Waals surface area (Å²) in [6, 6.07) is 8.56. The molecule has 1 atom stereocenters. The molecule has 94 valence electrons. The SMILES string of the molecule is C[C@H](O)c1cccc(OCc2cncc(F)c2)c1. The summed E-state index contributed by atoms with van der Waals surface area (Å²) in [4.78, 5) is 3.75. The van der Waals surface area contributed by atoms with E-state index in [1.165, 1.54) is 6.07 Å². The van der Waals surface area contributed by atoms with Crippen molar-refractivity contribution in [2.75, 3.05) is 0 Å². The predicted octanol–water partition coefficient (Wildman–Crippen LogP) is 2.85. The first kappa shape index (κ1) is 12.5. The molecule has 18 heavy (non-hydrogen) atoms. The van der Waals surface area contributed by atoms with Crippen molar-refractivity contribution in [3.8, 4) is 5.75 Å². The molecule has 0 radical (unpaired) electrons. The Bertz CT molecular complexity index is 529. The molecule has 2 rings (SSSR count). The van der Waals surface area contributed by atoms with Crippen molar-refractivity contribution < 1.29 is 14.2 Å². The summed E-state index contributed by atoms with van der Waals surface area (Å²) < 4.78 is 18.4. The molecule has 1 heterocycles. The summed E-state index contributed by atoms with van der Waals surface area (Å²) in [7, 11) is 0. The minimum Gasteiger partial charge on any atom is -0.489 e. The van der Waals surface area contributed by atoms with Crippen LogP contribution in [0.3, 0.4) is 0 Å². The monoisotopic (exact) mass is 247 g/mol. The van der Waals surface area contributed by atoms with Crippen LogP contribution < -0.4 is 4.74 Å². The smallest absolute Gasteiger partial charge is 0.141 e. The van der Waals surface area contributed by atoms with Gasteiger partial charge in [0.1, 0.15) is 18.2 Å². The van der Waals surface area contributed by atoms with E-state index in [2.05, 4.69) is 4.98 Å². The van der Waals surface area contributed by atoms with Gasteiger partial charge in [-0.05, 0) is 30.7 Å². The van der Waals surface area contributed by atoms with Crippen molar-refractivity contribution >= 4 is 0 Å². The van der Waals surface area contributed by atoms with Crippen LogP contribution in [-0.4, -0.2) is 10.1 Å². The lowest BCUT2D eigenvalue weighted by molar-refractivity contribution is 0.198. The number of hydrogen-bond acceptors (Lipinski definition) is 3. The van der Waals surface area contributed by atoms with E-state index >= 15 is 0 Å². The van der Waals surface area contributed by atoms with E-state index < -0.39 is 6.10 Å². The number of nitrogens with zero attached hydrogens (tertiary/aromatic N) is 1. The number of ether oxygens (including phenoxy) is 1. The van der Waals surface area contributed by atoms with Gasteiger partial charge in [-0.15, -0.1) is 0 Å². The van der Waals surface area contributed by atoms with E-state index in [0.29, 0.717) is 11.3 Å². The average molecular weight is 247 g/mol. The van der Waals surface area contributed by atoms with Crippen LogP contribution >= 0.6 is 0 Å². The van der Waals surface area contributed by atoms with Gasteiger partial charge < -0.3 is 9.84 Å². The van der Waals surface area contributed by atoms with Crippen LogP contribution in [-0.2, 0) is 6.61 Å². The molecule has 2 aromatic rings. The number of hydrogen-bond donors (Lipinski definition) is 1. The number of aliphatic hydroxyl groups excluding tert-OH is 1. The molecule has 0 saturated carbocycles. The van der Waals surface area contributed by atoms with Crippen LogP contribution in [0.15, 0.2) is 42.7 Å². The van der Waals surface area contributed by atoms with Crippen molar-refractivity contribution in [3.63, 3.8) is 0 Å². The van der Waals surface area contributed by atoms with Gasteiger partial charge in [-0.1, -0.05) is 12.1 Å². The third-order valence-corrected chi connectivity index (χ3v) is 2.51. The van der Waals surface area contributed by atoms with E-state index in [1.807, 2.05) is 6.07 Å². The largest absolute Gasteiger partial charge is 0.489 e. The summed E-state index contributed by atoms with van der Waals surface area (Å²) >= 11 is 0. The number of aliphatic hydroxyl groups is 1. The van der Waals surface area contributed by atoms with E-state index in [-0.39, 0.29) is 12.4 Å². The maximum absolute atomic E-state index is 12.9. The number of benzene rings is 1. The van der Waals surface area contributed by atoms with Crippen LogP contribution in [0.1, 0.15) is 24.2 Å². The van der Waals surface area contributed by atoms with Crippen LogP contribution in [0, 0.1) is 5.82 Å². The Kier molecular flexibility index (Phi) is 3.89. The molecule has 0 bridgehead atoms. The Labute approximate surface area is 105 Å². The zero-order valence-corrected chi connectivity index (χ0v) is 10.0. The summed E-state index contributed by atoms with van der Waals surface area (Å²) in [5.74, 6) is 0.256. The first-order valence-corrected chi connectivity index (χ1v) is 5.65. The van der Waals surface area contributed by atoms with Gasteiger partial charge in [-0.25, -0.2) is 4.39 Å². The molecule has 0 spiro atoms. The third-order valence-electron chi connectivity index (χ3n) is 2.51. The second-order valence-corrected chi connectivity index (χ2v) is 4.05. The molecule has 1 aromatic carbocycles. The molecular formula is C14H14FNO2. The molecule has 0 unspecified atom stereocenters. The van der Waals surface area contributed by atoms with Gasteiger partial charge in [-0.2, -0.15) is 0 Å². The fraction of sp³-hybridized carbons (Fsp3) is 0.214. The van der Waals surface area contributed by atoms with Gasteiger partial charge in [0.05, 0.1) is 12.3 Å². The Morgan fingerprint density at radius 1 is 1.33 bits per heavy atom. The number of aromatic nitrogens is 1. The van der Waals surface area contributed by atoms with Crippen LogP contribution in [0.2, 0.25) is 0 Å². The summed E-state index contributed by atoms with van der Waals surface area (Å²) in [6.07, 6.45) is 2.17. The number of pyridine rings is 1. The maximum Gasteiger partial charge on any atom is 0.141 e. The minimum atomic E-state index is -0.538. The van der Waals surface area contributed by atoms with Crippen molar-refractivity contribution in [2.45, 2.75) is 19.6 Å². The molecule has 0 aliphatic heterocycles. The maximum atomic E-state index is 12.9. The molecular weight excluding hydrogens is 233 g/mol. The summed E-state index contributed by atoms with van der Waals surface area (Å²) in [5.41, 5.74) is 1.45. The minimum absolute atomic E-state index is 0.244. The average Bonchev–Trinajstić information content (AvgIpc) is 2.37. The Hall–Kier alpha value is -1.94. The molecule has 3 nitrogen and oxygen atoms in total. The second kappa shape index (κ2) is 5.60. The molecule has 1 N–H and O–H groups in total. The Morgan fingerprint density at radius 3 is 2.89 bits per heavy atom. The standard InChI is InChI=1S/C14H14FNO2/c1-10(17)12-3-2-4-14(6-12)18-9-11-5-13(15)8-16-7-11/h2-8,10,17H,9H2,1H3/t10-/m0/s1. The van der Waals surface area contributed by atoms with Gasteiger partial charge in [0.15, 0.2) is 0 Å². The van der Waals surface area contributed by atoms with Crippen molar-refractivity contribution in [3.05, 3.63) is 59.7 Å². The van der Waals surface area contributed by atoms with E-state index in [4.69, 9.17) is 4.74 Å². The van der Waals surface area contributed by atoms with Gasteiger partial charge in [0.2, 0.25) is 0 Å². The molecule has 0 fully saturated rings. The Morgan fingerprint density at radius 2 is 2.17 bits per heavy atom. The molecule has 1 aromatic heterocycles. The van der Waals surface area contributed by atoms with Crippen LogP contribution in [0.25, 0.3) is 0 Å². The molecule has 0 aliphatic rings. The lowest BCUT2D eigenvalue weighted by Crippen LogP contribution is -1.98. The van der Waals surface area contributed by atoms with Gasteiger partial charge in [0.25, 0.3) is 0 Å². The van der Waals surface area contributed by atoms with E-state index in [0.717, 1.165) is 11.8 Å². The summed E-state index contributed by atoms with van der Waals surface area (Å²) in [5, 5.41) is 9.45. The van der Waals surface area contributed by atoms with Gasteiger partial charge in [-0.3, -0.25) is 4.98 Å². The number of rotatable bonds is 4. The molecule has 0 amide bonds. The normalized spacial score (nSPS) is 12.2. The highest BCUT2D eigenvalue weighted by molar-refractivity contribution is 5.29. The fourth-order valence-corrected chi connectivity index (χ4v) is 1.57. The topological polar surface area (TPSA) is 42.4 Å². The molecule has 0 saturated heterocycles. The van der Waals surface area contributed by atoms with Crippen LogP contribution in [0.5, 0.6) is 5.75 Å². The van der Waals surface area contributed by atoms with Crippen molar-refractivity contribution in [1.29, 1.82) is 0 Å². The highest BCUT2D eigenvalue weighted by Gasteiger charge is 2.03. The first-order chi connectivity index (χ1) is 8.65.